The van der Waals surface area contributed by atoms with Crippen LogP contribution in [-0.4, -0.2) is 47.4 Å². The zero-order valence-electron chi connectivity index (χ0n) is 53.2. The highest BCUT2D eigenvalue weighted by molar-refractivity contribution is 5.76. The van der Waals surface area contributed by atoms with E-state index in [0.29, 0.717) is 19.4 Å². The summed E-state index contributed by atoms with van der Waals surface area (Å²) in [5, 5.41) is 23.3. The summed E-state index contributed by atoms with van der Waals surface area (Å²) in [7, 11) is 0. The molecule has 6 heteroatoms. The molecule has 0 aromatic carbocycles. The average Bonchev–Trinajstić information content (AvgIpc) is 3.44. The molecule has 0 aromatic heterocycles. The van der Waals surface area contributed by atoms with Crippen molar-refractivity contribution >= 4 is 11.9 Å². The second-order valence-electron chi connectivity index (χ2n) is 24.9. The summed E-state index contributed by atoms with van der Waals surface area (Å²) < 4.78 is 5.50. The molecular weight excluding hydrogens is 959 g/mol. The first-order valence-corrected chi connectivity index (χ1v) is 36.0. The second kappa shape index (κ2) is 68.1. The van der Waals surface area contributed by atoms with Crippen molar-refractivity contribution in [3.05, 3.63) is 12.2 Å². The molecule has 0 radical (unpaired) electrons. The van der Waals surface area contributed by atoms with Gasteiger partial charge < -0.3 is 20.3 Å². The molecule has 0 heterocycles. The van der Waals surface area contributed by atoms with Crippen molar-refractivity contribution in [2.24, 2.45) is 0 Å². The normalized spacial score (nSPS) is 12.5. The minimum atomic E-state index is -0.845. The van der Waals surface area contributed by atoms with Crippen LogP contribution in [0.25, 0.3) is 0 Å². The van der Waals surface area contributed by atoms with Crippen LogP contribution in [0.15, 0.2) is 12.2 Å². The number of nitrogens with one attached hydrogen (secondary N) is 1. The van der Waals surface area contributed by atoms with Crippen LogP contribution in [0.5, 0.6) is 0 Å². The Kier molecular flexibility index (Phi) is 66.9. The predicted molar refractivity (Wildman–Crippen MR) is 343 cm³/mol. The van der Waals surface area contributed by atoms with Crippen LogP contribution in [0.1, 0.15) is 412 Å². The van der Waals surface area contributed by atoms with E-state index >= 15 is 0 Å². The third kappa shape index (κ3) is 63.8. The van der Waals surface area contributed by atoms with E-state index in [9.17, 15) is 19.8 Å². The minimum absolute atomic E-state index is 0.0174. The van der Waals surface area contributed by atoms with E-state index in [-0.39, 0.29) is 18.5 Å². The number of unbranched alkanes of at least 4 members (excludes halogenated alkanes) is 57. The summed E-state index contributed by atoms with van der Waals surface area (Å²) in [6, 6.07) is -0.629. The van der Waals surface area contributed by atoms with Crippen LogP contribution in [0.4, 0.5) is 0 Å². The van der Waals surface area contributed by atoms with Crippen molar-refractivity contribution in [2.75, 3.05) is 13.2 Å². The van der Waals surface area contributed by atoms with Gasteiger partial charge in [-0.1, -0.05) is 379 Å². The zero-order chi connectivity index (χ0) is 56.4. The van der Waals surface area contributed by atoms with Crippen molar-refractivity contribution in [1.82, 2.24) is 5.32 Å². The van der Waals surface area contributed by atoms with Gasteiger partial charge in [0.05, 0.1) is 25.4 Å². The monoisotopic (exact) mass is 1100 g/mol. The number of ether oxygens (including phenoxy) is 1. The molecule has 0 spiro atoms. The molecule has 0 fully saturated rings. The lowest BCUT2D eigenvalue weighted by atomic mass is 10.0. The summed E-state index contributed by atoms with van der Waals surface area (Å²) in [5.74, 6) is -0.0456. The predicted octanol–water partition coefficient (Wildman–Crippen LogP) is 23.1. The molecular formula is C72H141NO5. The van der Waals surface area contributed by atoms with Crippen molar-refractivity contribution in [1.29, 1.82) is 0 Å². The van der Waals surface area contributed by atoms with Gasteiger partial charge in [-0.15, -0.1) is 0 Å². The fourth-order valence-electron chi connectivity index (χ4n) is 11.6. The first-order valence-electron chi connectivity index (χ1n) is 36.0. The Morgan fingerprint density at radius 1 is 0.346 bits per heavy atom. The fraction of sp³-hybridized carbons (Fsp3) is 0.944. The number of hydrogen-bond acceptors (Lipinski definition) is 5. The Bertz CT molecular complexity index is 1180. The molecule has 0 saturated carbocycles. The Morgan fingerprint density at radius 2 is 0.590 bits per heavy atom. The van der Waals surface area contributed by atoms with Crippen molar-refractivity contribution in [3.8, 4) is 0 Å². The fourth-order valence-corrected chi connectivity index (χ4v) is 11.6. The van der Waals surface area contributed by atoms with Gasteiger partial charge in [0.1, 0.15) is 0 Å². The highest BCUT2D eigenvalue weighted by Crippen LogP contribution is 2.19. The van der Waals surface area contributed by atoms with Gasteiger partial charge in [0.15, 0.2) is 0 Å². The number of carbonyl (C=O) groups is 2. The van der Waals surface area contributed by atoms with Crippen LogP contribution in [0.3, 0.4) is 0 Å². The van der Waals surface area contributed by atoms with Crippen LogP contribution >= 0.6 is 0 Å². The van der Waals surface area contributed by atoms with Crippen molar-refractivity contribution in [3.63, 3.8) is 0 Å². The van der Waals surface area contributed by atoms with E-state index in [1.54, 1.807) is 6.08 Å². The average molecular weight is 1100 g/mol. The van der Waals surface area contributed by atoms with Crippen molar-refractivity contribution in [2.45, 2.75) is 424 Å². The molecule has 78 heavy (non-hydrogen) atoms. The van der Waals surface area contributed by atoms with E-state index in [2.05, 4.69) is 19.2 Å². The maximum Gasteiger partial charge on any atom is 0.305 e. The molecule has 0 aliphatic carbocycles. The van der Waals surface area contributed by atoms with Crippen LogP contribution < -0.4 is 5.32 Å². The van der Waals surface area contributed by atoms with Gasteiger partial charge >= 0.3 is 5.97 Å². The zero-order valence-corrected chi connectivity index (χ0v) is 53.2. The Morgan fingerprint density at radius 3 is 0.872 bits per heavy atom. The number of rotatable bonds is 68. The Labute approximate surface area is 489 Å². The van der Waals surface area contributed by atoms with Gasteiger partial charge in [0, 0.05) is 12.8 Å². The largest absolute Gasteiger partial charge is 0.466 e. The molecule has 464 valence electrons. The van der Waals surface area contributed by atoms with Gasteiger partial charge in [-0.25, -0.2) is 0 Å². The summed E-state index contributed by atoms with van der Waals surface area (Å²) in [6.07, 6.45) is 84.3. The maximum absolute atomic E-state index is 12.5. The topological polar surface area (TPSA) is 95.9 Å². The lowest BCUT2D eigenvalue weighted by molar-refractivity contribution is -0.143. The molecule has 6 nitrogen and oxygen atoms in total. The molecule has 0 aliphatic rings. The molecule has 0 aliphatic heterocycles. The van der Waals surface area contributed by atoms with E-state index < -0.39 is 12.1 Å². The minimum Gasteiger partial charge on any atom is -0.466 e. The highest BCUT2D eigenvalue weighted by Gasteiger charge is 2.18. The third-order valence-corrected chi connectivity index (χ3v) is 17.1. The van der Waals surface area contributed by atoms with Gasteiger partial charge in [-0.3, -0.25) is 9.59 Å². The van der Waals surface area contributed by atoms with Crippen LogP contribution in [0.2, 0.25) is 0 Å². The number of allylic oxidation sites excluding steroid dienone is 1. The highest BCUT2D eigenvalue weighted by atomic mass is 16.5. The summed E-state index contributed by atoms with van der Waals surface area (Å²) in [4.78, 5) is 24.6. The van der Waals surface area contributed by atoms with Gasteiger partial charge in [0.2, 0.25) is 5.91 Å². The molecule has 0 rings (SSSR count). The lowest BCUT2D eigenvalue weighted by Gasteiger charge is -2.20. The first-order chi connectivity index (χ1) is 38.5. The second-order valence-corrected chi connectivity index (χ2v) is 24.9. The number of aliphatic hydroxyl groups excluding tert-OH is 2. The smallest absolute Gasteiger partial charge is 0.305 e. The third-order valence-electron chi connectivity index (χ3n) is 17.1. The quantitative estimate of drug-likeness (QED) is 0.0320. The molecule has 0 bridgehead atoms. The molecule has 2 unspecified atom stereocenters. The van der Waals surface area contributed by atoms with Gasteiger partial charge in [-0.05, 0) is 32.1 Å². The summed E-state index contributed by atoms with van der Waals surface area (Å²) >= 11 is 0. The molecule has 2 atom stereocenters. The number of amides is 1. The Hall–Kier alpha value is -1.40. The number of hydrogen-bond donors (Lipinski definition) is 3. The lowest BCUT2D eigenvalue weighted by Crippen LogP contribution is -2.45. The van der Waals surface area contributed by atoms with Gasteiger partial charge in [-0.2, -0.15) is 0 Å². The van der Waals surface area contributed by atoms with Crippen LogP contribution in [-0.2, 0) is 14.3 Å². The van der Waals surface area contributed by atoms with E-state index in [4.69, 9.17) is 4.74 Å². The number of carbonyl (C=O) groups excluding carboxylic acids is 2. The maximum atomic E-state index is 12.5. The molecule has 0 saturated heterocycles. The van der Waals surface area contributed by atoms with E-state index in [1.807, 2.05) is 6.08 Å². The van der Waals surface area contributed by atoms with Crippen molar-refractivity contribution < 1.29 is 24.5 Å². The molecule has 1 amide bonds. The SMILES string of the molecule is CCCCCCCCCCCCCCCCCCCCCCC/C=C/C(O)C(CO)NC(=O)CCCCCCCCCCCCCCCCCCCCCCCCOC(=O)CCCCCCCCCCCCCCCCCC. The standard InChI is InChI=1S/C72H141NO5/c1-3-5-7-9-11-13-15-17-19-21-22-23-24-27-30-33-36-40-44-48-52-56-60-64-70(75)69(68-74)73-71(76)65-61-57-53-49-45-41-37-34-31-28-25-26-29-32-35-39-43-47-51-55-59-63-67-78-72(77)66-62-58-54-50-46-42-38-20-18-16-14-12-10-8-6-4-2/h60,64,69-70,74-75H,3-59,61-63,65-68H2,1-2H3,(H,73,76)/b64-60+. The van der Waals surface area contributed by atoms with E-state index in [1.165, 1.54) is 347 Å². The Balaban J connectivity index is 3.39. The van der Waals surface area contributed by atoms with Gasteiger partial charge in [0.25, 0.3) is 0 Å². The number of esters is 1. The van der Waals surface area contributed by atoms with E-state index in [0.717, 1.165) is 38.5 Å². The molecule has 3 N–H and O–H groups in total. The first kappa shape index (κ1) is 76.6. The summed E-state index contributed by atoms with van der Waals surface area (Å²) in [6.45, 7) is 4.95. The summed E-state index contributed by atoms with van der Waals surface area (Å²) in [5.41, 5.74) is 0. The number of aliphatic hydroxyl groups is 2. The van der Waals surface area contributed by atoms with Crippen LogP contribution in [0, 0.1) is 0 Å². The molecule has 0 aromatic rings.